The summed E-state index contributed by atoms with van der Waals surface area (Å²) >= 11 is 3.92. The average molecular weight is 378 g/mol. The van der Waals surface area contributed by atoms with Crippen LogP contribution in [0, 0.1) is 5.82 Å². The van der Waals surface area contributed by atoms with Crippen LogP contribution in [0.1, 0.15) is 15.7 Å². The number of thioether (sulfide) groups is 2. The van der Waals surface area contributed by atoms with Crippen LogP contribution in [0.2, 0.25) is 0 Å². The molecule has 0 spiro atoms. The Morgan fingerprint density at radius 3 is 2.64 bits per heavy atom. The Bertz CT molecular complexity index is 703. The zero-order valence-corrected chi connectivity index (χ0v) is 15.4. The molecule has 1 aliphatic rings. The van der Waals surface area contributed by atoms with Gasteiger partial charge in [-0.15, -0.1) is 23.5 Å². The van der Waals surface area contributed by atoms with Crippen molar-refractivity contribution in [2.45, 2.75) is 11.0 Å². The van der Waals surface area contributed by atoms with E-state index in [1.807, 2.05) is 41.7 Å². The molecular formula is C19H20FNO2S2. The van der Waals surface area contributed by atoms with E-state index in [0.29, 0.717) is 23.3 Å². The lowest BCUT2D eigenvalue weighted by molar-refractivity contribution is -0.123. The van der Waals surface area contributed by atoms with Gasteiger partial charge in [-0.3, -0.25) is 4.79 Å². The van der Waals surface area contributed by atoms with E-state index >= 15 is 0 Å². The predicted molar refractivity (Wildman–Crippen MR) is 103 cm³/mol. The summed E-state index contributed by atoms with van der Waals surface area (Å²) < 4.78 is 19.1. The lowest BCUT2D eigenvalue weighted by Crippen LogP contribution is -2.30. The van der Waals surface area contributed by atoms with Crippen molar-refractivity contribution in [2.75, 3.05) is 24.7 Å². The standard InChI is InChI=1S/C19H20FNO2S2/c20-16-3-1-2-14(12-16)8-9-21-18(22)13-23-17-6-4-15(5-7-17)19-24-10-11-25-19/h1-7,12,19H,8-11,13H2,(H,21,22). The van der Waals surface area contributed by atoms with Crippen LogP contribution in [0.5, 0.6) is 5.75 Å². The van der Waals surface area contributed by atoms with Crippen molar-refractivity contribution in [1.29, 1.82) is 0 Å². The lowest BCUT2D eigenvalue weighted by Gasteiger charge is -2.10. The summed E-state index contributed by atoms with van der Waals surface area (Å²) in [5.41, 5.74) is 2.15. The van der Waals surface area contributed by atoms with Crippen molar-refractivity contribution in [3.8, 4) is 5.75 Å². The second-order valence-corrected chi connectivity index (χ2v) is 8.39. The van der Waals surface area contributed by atoms with Crippen molar-refractivity contribution < 1.29 is 13.9 Å². The molecule has 0 saturated carbocycles. The second-order valence-electron chi connectivity index (χ2n) is 5.66. The molecule has 0 aromatic heterocycles. The fraction of sp³-hybridized carbons (Fsp3) is 0.316. The monoisotopic (exact) mass is 377 g/mol. The Morgan fingerprint density at radius 1 is 1.16 bits per heavy atom. The molecule has 0 unspecified atom stereocenters. The summed E-state index contributed by atoms with van der Waals surface area (Å²) in [5.74, 6) is 2.65. The summed E-state index contributed by atoms with van der Waals surface area (Å²) in [4.78, 5) is 11.8. The van der Waals surface area contributed by atoms with Crippen LogP contribution in [-0.2, 0) is 11.2 Å². The first kappa shape index (κ1) is 18.1. The predicted octanol–water partition coefficient (Wildman–Crippen LogP) is 4.04. The van der Waals surface area contributed by atoms with E-state index < -0.39 is 0 Å². The molecule has 1 amide bonds. The van der Waals surface area contributed by atoms with Gasteiger partial charge in [-0.1, -0.05) is 24.3 Å². The highest BCUT2D eigenvalue weighted by Crippen LogP contribution is 2.45. The topological polar surface area (TPSA) is 38.3 Å². The molecular weight excluding hydrogens is 357 g/mol. The molecule has 25 heavy (non-hydrogen) atoms. The fourth-order valence-electron chi connectivity index (χ4n) is 2.51. The van der Waals surface area contributed by atoms with Crippen LogP contribution in [0.25, 0.3) is 0 Å². The van der Waals surface area contributed by atoms with Crippen LogP contribution in [0.15, 0.2) is 48.5 Å². The quantitative estimate of drug-likeness (QED) is 0.790. The molecule has 2 aromatic carbocycles. The van der Waals surface area contributed by atoms with Gasteiger partial charge in [-0.05, 0) is 41.8 Å². The van der Waals surface area contributed by atoms with Crippen LogP contribution in [0.3, 0.4) is 0 Å². The minimum Gasteiger partial charge on any atom is -0.484 e. The molecule has 3 nitrogen and oxygen atoms in total. The Kier molecular flexibility index (Phi) is 6.64. The van der Waals surface area contributed by atoms with Crippen molar-refractivity contribution >= 4 is 29.4 Å². The first-order chi connectivity index (χ1) is 12.2. The summed E-state index contributed by atoms with van der Waals surface area (Å²) in [6, 6.07) is 14.3. The first-order valence-corrected chi connectivity index (χ1v) is 10.3. The van der Waals surface area contributed by atoms with E-state index in [9.17, 15) is 9.18 Å². The molecule has 1 fully saturated rings. The highest BCUT2D eigenvalue weighted by molar-refractivity contribution is 8.19. The van der Waals surface area contributed by atoms with E-state index in [0.717, 1.165) is 5.56 Å². The number of hydrogen-bond acceptors (Lipinski definition) is 4. The number of halogens is 1. The van der Waals surface area contributed by atoms with Crippen LogP contribution >= 0.6 is 23.5 Å². The van der Waals surface area contributed by atoms with E-state index in [1.54, 1.807) is 6.07 Å². The maximum Gasteiger partial charge on any atom is 0.257 e. The highest BCUT2D eigenvalue weighted by atomic mass is 32.2. The number of carbonyl (C=O) groups excluding carboxylic acids is 1. The van der Waals surface area contributed by atoms with Gasteiger partial charge in [-0.25, -0.2) is 4.39 Å². The summed E-state index contributed by atoms with van der Waals surface area (Å²) in [7, 11) is 0. The number of ether oxygens (including phenoxy) is 1. The first-order valence-electron chi connectivity index (χ1n) is 8.18. The number of amides is 1. The molecule has 0 radical (unpaired) electrons. The Morgan fingerprint density at radius 2 is 1.92 bits per heavy atom. The fourth-order valence-corrected chi connectivity index (χ4v) is 5.37. The minimum atomic E-state index is -0.259. The Labute approximate surface area is 155 Å². The van der Waals surface area contributed by atoms with E-state index in [1.165, 1.54) is 29.2 Å². The highest BCUT2D eigenvalue weighted by Gasteiger charge is 2.17. The molecule has 1 N–H and O–H groups in total. The van der Waals surface area contributed by atoms with E-state index in [-0.39, 0.29) is 18.3 Å². The summed E-state index contributed by atoms with van der Waals surface area (Å²) in [6.45, 7) is 0.441. The van der Waals surface area contributed by atoms with Gasteiger partial charge in [0.15, 0.2) is 6.61 Å². The molecule has 3 rings (SSSR count). The number of benzene rings is 2. The van der Waals surface area contributed by atoms with Crippen molar-refractivity contribution in [3.05, 3.63) is 65.5 Å². The third-order valence-corrected chi connectivity index (χ3v) is 6.87. The lowest BCUT2D eigenvalue weighted by atomic mass is 10.1. The number of hydrogen-bond donors (Lipinski definition) is 1. The van der Waals surface area contributed by atoms with Gasteiger partial charge in [0.2, 0.25) is 0 Å². The summed E-state index contributed by atoms with van der Waals surface area (Å²) in [5, 5.41) is 2.78. The van der Waals surface area contributed by atoms with Gasteiger partial charge in [0.1, 0.15) is 11.6 Å². The van der Waals surface area contributed by atoms with Gasteiger partial charge in [-0.2, -0.15) is 0 Å². The zero-order chi connectivity index (χ0) is 17.5. The van der Waals surface area contributed by atoms with E-state index in [4.69, 9.17) is 4.74 Å². The van der Waals surface area contributed by atoms with Gasteiger partial charge in [0.25, 0.3) is 5.91 Å². The van der Waals surface area contributed by atoms with Gasteiger partial charge in [0.05, 0.1) is 4.58 Å². The number of carbonyl (C=O) groups is 1. The largest absolute Gasteiger partial charge is 0.484 e. The van der Waals surface area contributed by atoms with Crippen molar-refractivity contribution in [1.82, 2.24) is 5.32 Å². The van der Waals surface area contributed by atoms with E-state index in [2.05, 4.69) is 17.4 Å². The van der Waals surface area contributed by atoms with Gasteiger partial charge < -0.3 is 10.1 Å². The SMILES string of the molecule is O=C(COc1ccc(C2SCCS2)cc1)NCCc1cccc(F)c1. The summed E-state index contributed by atoms with van der Waals surface area (Å²) in [6.07, 6.45) is 0.592. The van der Waals surface area contributed by atoms with Gasteiger partial charge >= 0.3 is 0 Å². The van der Waals surface area contributed by atoms with Crippen molar-refractivity contribution in [2.24, 2.45) is 0 Å². The van der Waals surface area contributed by atoms with Crippen molar-refractivity contribution in [3.63, 3.8) is 0 Å². The zero-order valence-electron chi connectivity index (χ0n) is 13.7. The number of rotatable bonds is 7. The molecule has 0 bridgehead atoms. The average Bonchev–Trinajstić information content (AvgIpc) is 3.15. The molecule has 6 heteroatoms. The third kappa shape index (κ3) is 5.68. The molecule has 1 heterocycles. The minimum absolute atomic E-state index is 0.0184. The molecule has 132 valence electrons. The molecule has 0 atom stereocenters. The molecule has 1 aliphatic heterocycles. The van der Waals surface area contributed by atoms with Crippen LogP contribution < -0.4 is 10.1 Å². The Hall–Kier alpha value is -1.66. The van der Waals surface area contributed by atoms with Crippen LogP contribution in [0.4, 0.5) is 4.39 Å². The number of nitrogens with one attached hydrogen (secondary N) is 1. The molecule has 1 saturated heterocycles. The Balaban J connectivity index is 1.38. The molecule has 0 aliphatic carbocycles. The maximum absolute atomic E-state index is 13.1. The maximum atomic E-state index is 13.1. The molecule has 2 aromatic rings. The van der Waals surface area contributed by atoms with Crippen LogP contribution in [-0.4, -0.2) is 30.6 Å². The normalized spacial score (nSPS) is 14.4. The smallest absolute Gasteiger partial charge is 0.257 e. The second kappa shape index (κ2) is 9.15. The van der Waals surface area contributed by atoms with Gasteiger partial charge in [0, 0.05) is 18.1 Å². The third-order valence-electron chi connectivity index (χ3n) is 3.77.